The van der Waals surface area contributed by atoms with Crippen LogP contribution in [-0.4, -0.2) is 15.0 Å². The third-order valence-electron chi connectivity index (χ3n) is 9.80. The van der Waals surface area contributed by atoms with Crippen LogP contribution in [-0.2, 0) is 0 Å². The van der Waals surface area contributed by atoms with Crippen LogP contribution in [0.1, 0.15) is 0 Å². The Bertz CT molecular complexity index is 2640. The molecule has 0 bridgehead atoms. The molecule has 9 aromatic rings. The van der Waals surface area contributed by atoms with E-state index >= 15 is 0 Å². The first-order valence-corrected chi connectivity index (χ1v) is 18.2. The Morgan fingerprint density at radius 3 is 0.667 bits per heavy atom. The highest BCUT2D eigenvalue weighted by Crippen LogP contribution is 2.32. The van der Waals surface area contributed by atoms with E-state index in [4.69, 9.17) is 15.0 Å². The SMILES string of the molecule is c1ccc(-c2ccc(-c3ccc(-c4nc(-c5ccc(-c6ccccc6)cc5)nc(-c5ccc(-c6cccc(-c7ccccc7)c6)cc5)n4)cc3)cc2)cc1. The number of benzene rings is 8. The highest BCUT2D eigenvalue weighted by molar-refractivity contribution is 5.77. The lowest BCUT2D eigenvalue weighted by molar-refractivity contribution is 1.07. The molecule has 254 valence electrons. The highest BCUT2D eigenvalue weighted by atomic mass is 15.0. The minimum atomic E-state index is 0.632. The molecule has 0 fully saturated rings. The Hall–Kier alpha value is -7.23. The van der Waals surface area contributed by atoms with E-state index in [-0.39, 0.29) is 0 Å². The summed E-state index contributed by atoms with van der Waals surface area (Å²) in [5, 5.41) is 0. The van der Waals surface area contributed by atoms with Gasteiger partial charge in [0, 0.05) is 16.7 Å². The zero-order valence-electron chi connectivity index (χ0n) is 29.5. The molecule has 0 amide bonds. The third kappa shape index (κ3) is 6.99. The molecule has 3 heteroatoms. The maximum Gasteiger partial charge on any atom is 0.164 e. The fourth-order valence-electron chi connectivity index (χ4n) is 6.82. The van der Waals surface area contributed by atoms with Gasteiger partial charge in [-0.1, -0.05) is 206 Å². The number of aromatic nitrogens is 3. The summed E-state index contributed by atoms with van der Waals surface area (Å²) >= 11 is 0. The zero-order valence-corrected chi connectivity index (χ0v) is 29.5. The predicted octanol–water partition coefficient (Wildman–Crippen LogP) is 13.2. The molecule has 0 saturated heterocycles. The Kier molecular flexibility index (Phi) is 8.94. The fourth-order valence-corrected chi connectivity index (χ4v) is 6.82. The molecule has 0 N–H and O–H groups in total. The van der Waals surface area contributed by atoms with Gasteiger partial charge in [0.15, 0.2) is 17.5 Å². The van der Waals surface area contributed by atoms with Crippen LogP contribution in [0.25, 0.3) is 89.8 Å². The molecule has 1 aromatic heterocycles. The van der Waals surface area contributed by atoms with Crippen molar-refractivity contribution in [2.75, 3.05) is 0 Å². The molecule has 8 aromatic carbocycles. The highest BCUT2D eigenvalue weighted by Gasteiger charge is 2.14. The summed E-state index contributed by atoms with van der Waals surface area (Å²) in [6.45, 7) is 0. The Labute approximate surface area is 316 Å². The van der Waals surface area contributed by atoms with Crippen LogP contribution in [0.15, 0.2) is 212 Å². The Balaban J connectivity index is 1.05. The summed E-state index contributed by atoms with van der Waals surface area (Å²) in [7, 11) is 0. The minimum Gasteiger partial charge on any atom is -0.208 e. The number of rotatable bonds is 8. The van der Waals surface area contributed by atoms with Gasteiger partial charge in [-0.2, -0.15) is 0 Å². The van der Waals surface area contributed by atoms with Crippen molar-refractivity contribution in [3.63, 3.8) is 0 Å². The van der Waals surface area contributed by atoms with Crippen LogP contribution >= 0.6 is 0 Å². The molecule has 54 heavy (non-hydrogen) atoms. The quantitative estimate of drug-likeness (QED) is 0.159. The van der Waals surface area contributed by atoms with E-state index in [9.17, 15) is 0 Å². The van der Waals surface area contributed by atoms with Gasteiger partial charge in [-0.25, -0.2) is 15.0 Å². The first kappa shape index (κ1) is 32.7. The largest absolute Gasteiger partial charge is 0.208 e. The lowest BCUT2D eigenvalue weighted by atomic mass is 9.98. The van der Waals surface area contributed by atoms with Crippen molar-refractivity contribution in [1.29, 1.82) is 0 Å². The van der Waals surface area contributed by atoms with E-state index in [1.54, 1.807) is 0 Å². The average molecular weight is 690 g/mol. The number of nitrogens with zero attached hydrogens (tertiary/aromatic N) is 3. The topological polar surface area (TPSA) is 38.7 Å². The van der Waals surface area contributed by atoms with Crippen LogP contribution in [0.4, 0.5) is 0 Å². The normalized spacial score (nSPS) is 11.0. The molecule has 1 heterocycles. The summed E-state index contributed by atoms with van der Waals surface area (Å²) in [6.07, 6.45) is 0. The first-order chi connectivity index (χ1) is 26.7. The van der Waals surface area contributed by atoms with E-state index in [0.29, 0.717) is 17.5 Å². The lowest BCUT2D eigenvalue weighted by Gasteiger charge is -2.11. The van der Waals surface area contributed by atoms with Crippen molar-refractivity contribution in [2.45, 2.75) is 0 Å². The number of hydrogen-bond donors (Lipinski definition) is 0. The molecule has 0 unspecified atom stereocenters. The van der Waals surface area contributed by atoms with Crippen molar-refractivity contribution < 1.29 is 0 Å². The summed E-state index contributed by atoms with van der Waals surface area (Å²) in [6, 6.07) is 74.2. The molecule has 0 aliphatic carbocycles. The number of hydrogen-bond acceptors (Lipinski definition) is 3. The fraction of sp³-hybridized carbons (Fsp3) is 0. The molecule has 3 nitrogen and oxygen atoms in total. The molecule has 9 rings (SSSR count). The van der Waals surface area contributed by atoms with E-state index in [0.717, 1.165) is 44.5 Å². The van der Waals surface area contributed by atoms with Crippen molar-refractivity contribution >= 4 is 0 Å². The maximum absolute atomic E-state index is 5.05. The molecule has 0 atom stereocenters. The van der Waals surface area contributed by atoms with Gasteiger partial charge in [-0.3, -0.25) is 0 Å². The Morgan fingerprint density at radius 2 is 0.370 bits per heavy atom. The van der Waals surface area contributed by atoms with Gasteiger partial charge in [-0.05, 0) is 61.7 Å². The van der Waals surface area contributed by atoms with Crippen LogP contribution in [0.5, 0.6) is 0 Å². The first-order valence-electron chi connectivity index (χ1n) is 18.2. The molecular weight excluding hydrogens is 655 g/mol. The zero-order chi connectivity index (χ0) is 36.1. The second kappa shape index (κ2) is 14.8. The monoisotopic (exact) mass is 689 g/mol. The van der Waals surface area contributed by atoms with Crippen LogP contribution < -0.4 is 0 Å². The van der Waals surface area contributed by atoms with Crippen molar-refractivity contribution in [3.05, 3.63) is 212 Å². The summed E-state index contributed by atoms with van der Waals surface area (Å²) in [5.41, 5.74) is 14.5. The van der Waals surface area contributed by atoms with E-state index in [1.807, 2.05) is 18.2 Å². The van der Waals surface area contributed by atoms with Crippen LogP contribution in [0.3, 0.4) is 0 Å². The van der Waals surface area contributed by atoms with Gasteiger partial charge in [0.1, 0.15) is 0 Å². The van der Waals surface area contributed by atoms with E-state index in [1.165, 1.54) is 27.8 Å². The van der Waals surface area contributed by atoms with Gasteiger partial charge >= 0.3 is 0 Å². The van der Waals surface area contributed by atoms with Crippen LogP contribution in [0, 0.1) is 0 Å². The molecular formula is C51H35N3. The summed E-state index contributed by atoms with van der Waals surface area (Å²) in [5.74, 6) is 1.90. The van der Waals surface area contributed by atoms with Gasteiger partial charge in [0.25, 0.3) is 0 Å². The average Bonchev–Trinajstić information content (AvgIpc) is 3.27. The van der Waals surface area contributed by atoms with E-state index < -0.39 is 0 Å². The molecule has 0 saturated carbocycles. The molecule has 0 aliphatic rings. The second-order valence-corrected chi connectivity index (χ2v) is 13.3. The van der Waals surface area contributed by atoms with Crippen molar-refractivity contribution in [1.82, 2.24) is 15.0 Å². The van der Waals surface area contributed by atoms with Gasteiger partial charge < -0.3 is 0 Å². The Morgan fingerprint density at radius 1 is 0.167 bits per heavy atom. The van der Waals surface area contributed by atoms with Gasteiger partial charge in [0.05, 0.1) is 0 Å². The van der Waals surface area contributed by atoms with E-state index in [2.05, 4.69) is 194 Å². The third-order valence-corrected chi connectivity index (χ3v) is 9.80. The minimum absolute atomic E-state index is 0.632. The summed E-state index contributed by atoms with van der Waals surface area (Å²) < 4.78 is 0. The second-order valence-electron chi connectivity index (χ2n) is 13.3. The van der Waals surface area contributed by atoms with Crippen LogP contribution in [0.2, 0.25) is 0 Å². The van der Waals surface area contributed by atoms with Gasteiger partial charge in [0.2, 0.25) is 0 Å². The van der Waals surface area contributed by atoms with Gasteiger partial charge in [-0.15, -0.1) is 0 Å². The standard InChI is InChI=1S/C51H35N3/c1-4-11-36(12-5-1)39-19-21-41(22-20-39)42-25-31-45(32-26-42)50-52-49(44-29-23-40(24-30-44)37-13-6-2-7-14-37)53-51(54-50)46-33-27-43(28-34-46)48-18-10-17-47(35-48)38-15-8-3-9-16-38/h1-35H. The smallest absolute Gasteiger partial charge is 0.164 e. The lowest BCUT2D eigenvalue weighted by Crippen LogP contribution is -2.00. The maximum atomic E-state index is 5.05. The molecule has 0 aliphatic heterocycles. The predicted molar refractivity (Wildman–Crippen MR) is 223 cm³/mol. The van der Waals surface area contributed by atoms with Crippen molar-refractivity contribution in [2.24, 2.45) is 0 Å². The van der Waals surface area contributed by atoms with Crippen molar-refractivity contribution in [3.8, 4) is 89.8 Å². The molecule has 0 spiro atoms. The molecule has 0 radical (unpaired) electrons. The summed E-state index contributed by atoms with van der Waals surface area (Å²) in [4.78, 5) is 15.1.